The van der Waals surface area contributed by atoms with Gasteiger partial charge in [-0.3, -0.25) is 10.1 Å². The number of amides is 3. The molecule has 0 aromatic heterocycles. The smallest absolute Gasteiger partial charge is 0.428 e. The second kappa shape index (κ2) is 8.78. The van der Waals surface area contributed by atoms with E-state index in [1.54, 1.807) is 5.32 Å². The van der Waals surface area contributed by atoms with Crippen LogP contribution in [0, 0.1) is 5.82 Å². The number of hydrogen-bond acceptors (Lipinski definition) is 3. The number of ether oxygens (including phenoxy) is 1. The number of halogens is 8. The Morgan fingerprint density at radius 1 is 1.03 bits per heavy atom. The molecule has 30 heavy (non-hydrogen) atoms. The van der Waals surface area contributed by atoms with Crippen molar-refractivity contribution in [2.75, 3.05) is 5.32 Å². The molecule has 2 N–H and O–H groups in total. The lowest BCUT2D eigenvalue weighted by Crippen LogP contribution is -2.45. The van der Waals surface area contributed by atoms with Gasteiger partial charge in [-0.05, 0) is 30.3 Å². The van der Waals surface area contributed by atoms with Crippen LogP contribution in [0.1, 0.15) is 10.4 Å². The molecule has 162 valence electrons. The van der Waals surface area contributed by atoms with Gasteiger partial charge in [0.2, 0.25) is 0 Å². The van der Waals surface area contributed by atoms with Crippen LogP contribution in [0.3, 0.4) is 0 Å². The molecular weight excluding hydrogens is 449 g/mol. The molecule has 3 amide bonds. The average Bonchev–Trinajstić information content (AvgIpc) is 2.61. The van der Waals surface area contributed by atoms with Gasteiger partial charge in [-0.25, -0.2) is 13.6 Å². The molecule has 0 aliphatic carbocycles. The number of nitrogens with one attached hydrogen (secondary N) is 2. The van der Waals surface area contributed by atoms with E-state index in [0.29, 0.717) is 0 Å². The van der Waals surface area contributed by atoms with Crippen molar-refractivity contribution < 1.29 is 45.1 Å². The molecule has 0 heterocycles. The molecule has 13 heteroatoms. The molecule has 0 bridgehead atoms. The van der Waals surface area contributed by atoms with Gasteiger partial charge in [0.15, 0.2) is 0 Å². The molecule has 0 saturated heterocycles. The summed E-state index contributed by atoms with van der Waals surface area (Å²) in [6, 6.07) is 5.29. The van der Waals surface area contributed by atoms with Crippen LogP contribution in [-0.4, -0.2) is 30.4 Å². The van der Waals surface area contributed by atoms with E-state index >= 15 is 0 Å². The molecule has 0 aliphatic rings. The molecule has 1 atom stereocenters. The number of carbonyl (C=O) groups is 2. The van der Waals surface area contributed by atoms with Gasteiger partial charge in [-0.1, -0.05) is 23.7 Å². The quantitative estimate of drug-likeness (QED) is 0.597. The molecule has 1 unspecified atom stereocenters. The summed E-state index contributed by atoms with van der Waals surface area (Å²) in [5, 5.41) is 3.31. The molecule has 2 aromatic carbocycles. The molecule has 0 fully saturated rings. The maximum atomic E-state index is 13.5. The summed E-state index contributed by atoms with van der Waals surface area (Å²) in [5.41, 5.74) is -0.892. The van der Waals surface area contributed by atoms with E-state index in [9.17, 15) is 40.3 Å². The van der Waals surface area contributed by atoms with E-state index < -0.39 is 47.6 Å². The summed E-state index contributed by atoms with van der Waals surface area (Å²) in [5.74, 6) is -2.85. The fraction of sp³-hybridized carbons (Fsp3) is 0.176. The Labute approximate surface area is 168 Å². The first-order valence-electron chi connectivity index (χ1n) is 7.75. The van der Waals surface area contributed by atoms with Gasteiger partial charge in [-0.2, -0.15) is 22.0 Å². The zero-order valence-corrected chi connectivity index (χ0v) is 15.1. The standard InChI is InChI=1S/C17H10ClF7N2O3/c18-10-7-8(19)5-6-9(10)13(28)27-15(29)26-11-3-1-2-4-12(11)30-17(24,25)14(20)16(21,22)23/h1-7,14H,(H2,26,27,28,29). The zero-order chi connectivity index (χ0) is 22.7. The van der Waals surface area contributed by atoms with E-state index in [2.05, 4.69) is 4.74 Å². The van der Waals surface area contributed by atoms with Gasteiger partial charge in [-0.15, -0.1) is 0 Å². The first-order valence-corrected chi connectivity index (χ1v) is 8.13. The van der Waals surface area contributed by atoms with Crippen LogP contribution in [-0.2, 0) is 0 Å². The van der Waals surface area contributed by atoms with E-state index in [1.807, 2.05) is 5.32 Å². The summed E-state index contributed by atoms with van der Waals surface area (Å²) < 4.78 is 93.5. The van der Waals surface area contributed by atoms with Gasteiger partial charge in [0, 0.05) is 0 Å². The predicted molar refractivity (Wildman–Crippen MR) is 90.9 cm³/mol. The van der Waals surface area contributed by atoms with E-state index in [1.165, 1.54) is 6.07 Å². The van der Waals surface area contributed by atoms with Gasteiger partial charge in [0.05, 0.1) is 16.3 Å². The van der Waals surface area contributed by atoms with Crippen molar-refractivity contribution in [3.63, 3.8) is 0 Å². The number of urea groups is 1. The maximum absolute atomic E-state index is 13.5. The fourth-order valence-corrected chi connectivity index (χ4v) is 2.30. The summed E-state index contributed by atoms with van der Waals surface area (Å²) in [4.78, 5) is 23.9. The Kier molecular flexibility index (Phi) is 6.80. The Morgan fingerprint density at radius 3 is 2.27 bits per heavy atom. The van der Waals surface area contributed by atoms with Crippen molar-refractivity contribution in [3.8, 4) is 5.75 Å². The molecule has 0 spiro atoms. The van der Waals surface area contributed by atoms with Gasteiger partial charge in [0.1, 0.15) is 11.6 Å². The summed E-state index contributed by atoms with van der Waals surface area (Å²) >= 11 is 5.67. The fourth-order valence-electron chi connectivity index (χ4n) is 2.05. The molecule has 0 saturated carbocycles. The molecule has 0 aliphatic heterocycles. The lowest BCUT2D eigenvalue weighted by molar-refractivity contribution is -0.304. The Balaban J connectivity index is 2.14. The number of para-hydroxylation sites is 2. The van der Waals surface area contributed by atoms with Gasteiger partial charge < -0.3 is 10.1 Å². The largest absolute Gasteiger partial charge is 0.439 e. The molecule has 2 aromatic rings. The van der Waals surface area contributed by atoms with Crippen LogP contribution in [0.5, 0.6) is 5.75 Å². The average molecular weight is 459 g/mol. The van der Waals surface area contributed by atoms with Crippen LogP contribution in [0.15, 0.2) is 42.5 Å². The topological polar surface area (TPSA) is 67.4 Å². The van der Waals surface area contributed by atoms with Crippen molar-refractivity contribution in [1.82, 2.24) is 5.32 Å². The van der Waals surface area contributed by atoms with Crippen molar-refractivity contribution in [2.45, 2.75) is 18.5 Å². The van der Waals surface area contributed by atoms with Crippen LogP contribution in [0.4, 0.5) is 41.2 Å². The first-order chi connectivity index (χ1) is 13.8. The summed E-state index contributed by atoms with van der Waals surface area (Å²) in [7, 11) is 0. The second-order valence-electron chi connectivity index (χ2n) is 5.60. The number of rotatable bonds is 5. The lowest BCUT2D eigenvalue weighted by atomic mass is 10.2. The van der Waals surface area contributed by atoms with Crippen LogP contribution in [0.25, 0.3) is 0 Å². The highest BCUT2D eigenvalue weighted by molar-refractivity contribution is 6.34. The summed E-state index contributed by atoms with van der Waals surface area (Å²) in [6.07, 6.45) is -15.8. The monoisotopic (exact) mass is 458 g/mol. The Hall–Kier alpha value is -3.02. The Bertz CT molecular complexity index is 953. The number of imide groups is 1. The minimum absolute atomic E-state index is 0.297. The van der Waals surface area contributed by atoms with E-state index in [-0.39, 0.29) is 10.6 Å². The molecule has 2 rings (SSSR count). The third-order valence-corrected chi connectivity index (χ3v) is 3.68. The van der Waals surface area contributed by atoms with Crippen LogP contribution < -0.4 is 15.4 Å². The van der Waals surface area contributed by atoms with Gasteiger partial charge >= 0.3 is 18.3 Å². The zero-order valence-electron chi connectivity index (χ0n) is 14.4. The predicted octanol–water partition coefficient (Wildman–Crippen LogP) is 5.31. The van der Waals surface area contributed by atoms with Crippen molar-refractivity contribution in [1.29, 1.82) is 0 Å². The lowest BCUT2D eigenvalue weighted by Gasteiger charge is -2.24. The van der Waals surface area contributed by atoms with Gasteiger partial charge in [0.25, 0.3) is 12.1 Å². The minimum Gasteiger partial charge on any atom is -0.428 e. The highest BCUT2D eigenvalue weighted by Crippen LogP contribution is 2.38. The van der Waals surface area contributed by atoms with E-state index in [0.717, 1.165) is 36.4 Å². The maximum Gasteiger partial charge on any atom is 0.439 e. The first kappa shape index (κ1) is 23.3. The summed E-state index contributed by atoms with van der Waals surface area (Å²) in [6.45, 7) is 0. The third-order valence-electron chi connectivity index (χ3n) is 3.37. The number of anilines is 1. The Morgan fingerprint density at radius 2 is 1.67 bits per heavy atom. The highest BCUT2D eigenvalue weighted by atomic mass is 35.5. The molecule has 5 nitrogen and oxygen atoms in total. The number of hydrogen-bond donors (Lipinski definition) is 2. The SMILES string of the molecule is O=C(NC(=O)c1ccc(F)cc1Cl)Nc1ccccc1OC(F)(F)C(F)C(F)(F)F. The van der Waals surface area contributed by atoms with Crippen LogP contribution >= 0.6 is 11.6 Å². The van der Waals surface area contributed by atoms with E-state index in [4.69, 9.17) is 11.6 Å². The number of carbonyl (C=O) groups excluding carboxylic acids is 2. The molecular formula is C17H10ClF7N2O3. The van der Waals surface area contributed by atoms with Crippen molar-refractivity contribution in [2.24, 2.45) is 0 Å². The third kappa shape index (κ3) is 5.75. The minimum atomic E-state index is -5.90. The molecule has 0 radical (unpaired) electrons. The van der Waals surface area contributed by atoms with Crippen molar-refractivity contribution in [3.05, 3.63) is 58.9 Å². The number of alkyl halides is 6. The normalized spacial score (nSPS) is 12.8. The highest BCUT2D eigenvalue weighted by Gasteiger charge is 2.59. The second-order valence-corrected chi connectivity index (χ2v) is 6.00. The van der Waals surface area contributed by atoms with Crippen LogP contribution in [0.2, 0.25) is 5.02 Å². The number of benzene rings is 2. The van der Waals surface area contributed by atoms with Crippen molar-refractivity contribution >= 4 is 29.2 Å².